The maximum absolute atomic E-state index is 12.5. The van der Waals surface area contributed by atoms with Crippen LogP contribution in [0.4, 0.5) is 0 Å². The number of thioether (sulfide) groups is 1. The van der Waals surface area contributed by atoms with E-state index in [0.717, 1.165) is 5.69 Å². The summed E-state index contributed by atoms with van der Waals surface area (Å²) in [6, 6.07) is 14.4. The van der Waals surface area contributed by atoms with E-state index in [-0.39, 0.29) is 11.5 Å². The molecule has 0 fully saturated rings. The van der Waals surface area contributed by atoms with Gasteiger partial charge in [-0.05, 0) is 40.8 Å². The first-order valence-electron chi connectivity index (χ1n) is 7.02. The van der Waals surface area contributed by atoms with Crippen molar-refractivity contribution in [3.8, 4) is 11.4 Å². The molecule has 24 heavy (non-hydrogen) atoms. The van der Waals surface area contributed by atoms with E-state index in [9.17, 15) is 4.79 Å². The van der Waals surface area contributed by atoms with Crippen molar-refractivity contribution in [2.45, 2.75) is 5.16 Å². The number of ketones is 1. The third-order valence-corrected chi connectivity index (χ3v) is 4.39. The second kappa shape index (κ2) is 7.46. The summed E-state index contributed by atoms with van der Waals surface area (Å²) in [4.78, 5) is 12.5. The second-order valence-electron chi connectivity index (χ2n) is 4.77. The molecule has 0 aliphatic carbocycles. The fraction of sp³-hybridized carbons (Fsp3) is 0.125. The van der Waals surface area contributed by atoms with E-state index in [0.29, 0.717) is 21.5 Å². The number of hydrogen-bond donors (Lipinski definition) is 0. The molecule has 0 amide bonds. The van der Waals surface area contributed by atoms with Crippen LogP contribution in [0.25, 0.3) is 5.69 Å². The van der Waals surface area contributed by atoms with Crippen molar-refractivity contribution >= 4 is 29.1 Å². The summed E-state index contributed by atoms with van der Waals surface area (Å²) in [7, 11) is 1.52. The predicted octanol–water partition coefficient (Wildman–Crippen LogP) is 3.30. The molecular formula is C16H13ClN4O2S. The normalized spacial score (nSPS) is 10.6. The Labute approximate surface area is 147 Å². The van der Waals surface area contributed by atoms with Crippen molar-refractivity contribution in [2.24, 2.45) is 0 Å². The quantitative estimate of drug-likeness (QED) is 0.496. The van der Waals surface area contributed by atoms with Gasteiger partial charge in [0.15, 0.2) is 5.78 Å². The van der Waals surface area contributed by atoms with E-state index in [1.165, 1.54) is 18.9 Å². The number of rotatable bonds is 6. The SMILES string of the molecule is COc1ccc(Cl)cc1C(=O)CSc1nnnn1-c1ccccc1. The van der Waals surface area contributed by atoms with Crippen molar-refractivity contribution in [1.29, 1.82) is 0 Å². The Morgan fingerprint density at radius 1 is 1.25 bits per heavy atom. The zero-order chi connectivity index (χ0) is 16.9. The fourth-order valence-electron chi connectivity index (χ4n) is 2.11. The summed E-state index contributed by atoms with van der Waals surface area (Å²) >= 11 is 7.23. The lowest BCUT2D eigenvalue weighted by Crippen LogP contribution is -2.06. The molecule has 1 heterocycles. The summed E-state index contributed by atoms with van der Waals surface area (Å²) in [5.41, 5.74) is 1.27. The molecule has 0 bridgehead atoms. The standard InChI is InChI=1S/C16H13ClN4O2S/c1-23-15-8-7-11(17)9-13(15)14(22)10-24-16-18-19-20-21(16)12-5-3-2-4-6-12/h2-9H,10H2,1H3. The molecular weight excluding hydrogens is 348 g/mol. The van der Waals surface area contributed by atoms with Crippen LogP contribution in [0.1, 0.15) is 10.4 Å². The number of methoxy groups -OCH3 is 1. The molecule has 0 aliphatic rings. The lowest BCUT2D eigenvalue weighted by Gasteiger charge is -2.08. The Kier molecular flexibility index (Phi) is 5.12. The van der Waals surface area contributed by atoms with Crippen LogP contribution in [-0.4, -0.2) is 38.9 Å². The number of tetrazole rings is 1. The first-order chi connectivity index (χ1) is 11.7. The predicted molar refractivity (Wildman–Crippen MR) is 92.2 cm³/mol. The maximum Gasteiger partial charge on any atom is 0.214 e. The van der Waals surface area contributed by atoms with Gasteiger partial charge in [-0.3, -0.25) is 4.79 Å². The smallest absolute Gasteiger partial charge is 0.214 e. The second-order valence-corrected chi connectivity index (χ2v) is 6.14. The number of benzene rings is 2. The van der Waals surface area contributed by atoms with Crippen LogP contribution in [0, 0.1) is 0 Å². The van der Waals surface area contributed by atoms with E-state index >= 15 is 0 Å². The van der Waals surface area contributed by atoms with Gasteiger partial charge >= 0.3 is 0 Å². The molecule has 0 atom stereocenters. The third kappa shape index (κ3) is 3.58. The van der Waals surface area contributed by atoms with Gasteiger partial charge in [-0.1, -0.05) is 41.6 Å². The Balaban J connectivity index is 1.77. The molecule has 3 aromatic rings. The van der Waals surface area contributed by atoms with Gasteiger partial charge in [-0.2, -0.15) is 4.68 Å². The van der Waals surface area contributed by atoms with Crippen LogP contribution in [0.2, 0.25) is 5.02 Å². The van der Waals surface area contributed by atoms with E-state index in [1.54, 1.807) is 22.9 Å². The molecule has 0 unspecified atom stereocenters. The van der Waals surface area contributed by atoms with Gasteiger partial charge in [0.1, 0.15) is 5.75 Å². The van der Waals surface area contributed by atoms with E-state index in [4.69, 9.17) is 16.3 Å². The van der Waals surface area contributed by atoms with E-state index < -0.39 is 0 Å². The minimum absolute atomic E-state index is 0.109. The Morgan fingerprint density at radius 2 is 2.04 bits per heavy atom. The lowest BCUT2D eigenvalue weighted by atomic mass is 10.1. The molecule has 0 N–H and O–H groups in total. The number of ether oxygens (including phenoxy) is 1. The Morgan fingerprint density at radius 3 is 2.79 bits per heavy atom. The summed E-state index contributed by atoms with van der Waals surface area (Å²) in [5, 5.41) is 12.6. The van der Waals surface area contributed by atoms with E-state index in [1.807, 2.05) is 30.3 Å². The highest BCUT2D eigenvalue weighted by atomic mass is 35.5. The summed E-state index contributed by atoms with van der Waals surface area (Å²) in [5.74, 6) is 0.554. The molecule has 0 spiro atoms. The average molecular weight is 361 g/mol. The van der Waals surface area contributed by atoms with Crippen LogP contribution in [0.3, 0.4) is 0 Å². The highest BCUT2D eigenvalue weighted by Gasteiger charge is 2.16. The number of para-hydroxylation sites is 1. The number of aromatic nitrogens is 4. The summed E-state index contributed by atoms with van der Waals surface area (Å²) in [6.45, 7) is 0. The largest absolute Gasteiger partial charge is 0.496 e. The van der Waals surface area contributed by atoms with Crippen molar-refractivity contribution in [1.82, 2.24) is 20.2 Å². The van der Waals surface area contributed by atoms with Crippen LogP contribution in [0.5, 0.6) is 5.75 Å². The van der Waals surface area contributed by atoms with Gasteiger partial charge in [0.05, 0.1) is 24.1 Å². The van der Waals surface area contributed by atoms with Crippen LogP contribution in [-0.2, 0) is 0 Å². The van der Waals surface area contributed by atoms with Crippen LogP contribution < -0.4 is 4.74 Å². The van der Waals surface area contributed by atoms with Gasteiger partial charge in [-0.15, -0.1) is 5.10 Å². The molecule has 2 aromatic carbocycles. The molecule has 8 heteroatoms. The Hall–Kier alpha value is -2.38. The zero-order valence-electron chi connectivity index (χ0n) is 12.7. The number of carbonyl (C=O) groups is 1. The van der Waals surface area contributed by atoms with Gasteiger partial charge in [0, 0.05) is 5.02 Å². The number of hydrogen-bond acceptors (Lipinski definition) is 6. The molecule has 0 saturated heterocycles. The minimum Gasteiger partial charge on any atom is -0.496 e. The topological polar surface area (TPSA) is 69.9 Å². The van der Waals surface area contributed by atoms with Crippen molar-refractivity contribution in [3.63, 3.8) is 0 Å². The van der Waals surface area contributed by atoms with Crippen molar-refractivity contribution < 1.29 is 9.53 Å². The highest BCUT2D eigenvalue weighted by molar-refractivity contribution is 7.99. The maximum atomic E-state index is 12.5. The number of nitrogens with zero attached hydrogens (tertiary/aromatic N) is 4. The van der Waals surface area contributed by atoms with Gasteiger partial charge < -0.3 is 4.74 Å². The first kappa shape index (κ1) is 16.5. The molecule has 0 saturated carbocycles. The fourth-order valence-corrected chi connectivity index (χ4v) is 3.05. The van der Waals surface area contributed by atoms with E-state index in [2.05, 4.69) is 15.5 Å². The summed E-state index contributed by atoms with van der Waals surface area (Å²) < 4.78 is 6.81. The van der Waals surface area contributed by atoms with Crippen molar-refractivity contribution in [2.75, 3.05) is 12.9 Å². The molecule has 1 aromatic heterocycles. The van der Waals surface area contributed by atoms with Gasteiger partial charge in [-0.25, -0.2) is 0 Å². The minimum atomic E-state index is -0.109. The molecule has 0 radical (unpaired) electrons. The molecule has 0 aliphatic heterocycles. The Bertz CT molecular complexity index is 854. The van der Waals surface area contributed by atoms with Gasteiger partial charge in [0.2, 0.25) is 5.16 Å². The van der Waals surface area contributed by atoms with Gasteiger partial charge in [0.25, 0.3) is 0 Å². The number of Topliss-reactive ketones (excluding diaryl/α,β-unsaturated/α-hetero) is 1. The average Bonchev–Trinajstić information content (AvgIpc) is 3.09. The highest BCUT2D eigenvalue weighted by Crippen LogP contribution is 2.26. The molecule has 3 rings (SSSR count). The lowest BCUT2D eigenvalue weighted by molar-refractivity contribution is 0.101. The summed E-state index contributed by atoms with van der Waals surface area (Å²) in [6.07, 6.45) is 0. The van der Waals surface area contributed by atoms with Crippen LogP contribution >= 0.6 is 23.4 Å². The van der Waals surface area contributed by atoms with Crippen LogP contribution in [0.15, 0.2) is 53.7 Å². The third-order valence-electron chi connectivity index (χ3n) is 3.24. The number of halogens is 1. The molecule has 122 valence electrons. The first-order valence-corrected chi connectivity index (χ1v) is 8.38. The number of carbonyl (C=O) groups excluding carboxylic acids is 1. The zero-order valence-corrected chi connectivity index (χ0v) is 14.3. The van der Waals surface area contributed by atoms with Crippen molar-refractivity contribution in [3.05, 3.63) is 59.1 Å². The monoisotopic (exact) mass is 360 g/mol. The molecule has 6 nitrogen and oxygen atoms in total.